The van der Waals surface area contributed by atoms with Gasteiger partial charge in [-0.25, -0.2) is 4.68 Å². The van der Waals surface area contributed by atoms with E-state index >= 15 is 0 Å². The van der Waals surface area contributed by atoms with Crippen LogP contribution in [0.4, 0.5) is 19.1 Å². The Morgan fingerprint density at radius 1 is 1.37 bits per heavy atom. The Morgan fingerprint density at radius 3 is 2.74 bits per heavy atom. The Morgan fingerprint density at radius 2 is 2.15 bits per heavy atom. The molecule has 0 saturated carbocycles. The number of hydrogen-bond donors (Lipinski definition) is 1. The fourth-order valence-corrected chi connectivity index (χ4v) is 3.82. The molecule has 0 aliphatic carbocycles. The Balaban J connectivity index is 2.01. The highest BCUT2D eigenvalue weighted by molar-refractivity contribution is 7.12. The van der Waals surface area contributed by atoms with Crippen molar-refractivity contribution in [3.05, 3.63) is 57.4 Å². The van der Waals surface area contributed by atoms with Crippen LogP contribution in [0.1, 0.15) is 27.0 Å². The molecule has 11 heteroatoms. The number of aromatic nitrogens is 5. The average molecular weight is 394 g/mol. The molecule has 4 rings (SSSR count). The Labute approximate surface area is 155 Å². The highest BCUT2D eigenvalue weighted by Gasteiger charge is 2.46. The highest BCUT2D eigenvalue weighted by Crippen LogP contribution is 2.42. The third-order valence-electron chi connectivity index (χ3n) is 4.22. The predicted molar refractivity (Wildman–Crippen MR) is 91.5 cm³/mol. The molecule has 140 valence electrons. The van der Waals surface area contributed by atoms with Crippen molar-refractivity contribution in [2.75, 3.05) is 5.32 Å². The molecule has 27 heavy (non-hydrogen) atoms. The number of nitrogens with zero attached hydrogens (tertiary/aromatic N) is 5. The van der Waals surface area contributed by atoms with Gasteiger partial charge >= 0.3 is 6.18 Å². The molecule has 0 bridgehead atoms. The summed E-state index contributed by atoms with van der Waals surface area (Å²) in [5.41, 5.74) is -0.607. The Kier molecular flexibility index (Phi) is 3.91. The first-order valence-electron chi connectivity index (χ1n) is 7.83. The van der Waals surface area contributed by atoms with Crippen LogP contribution in [0, 0.1) is 6.92 Å². The lowest BCUT2D eigenvalue weighted by atomic mass is 9.92. The molecule has 4 heterocycles. The molecule has 3 aromatic rings. The topological polar surface area (TPSA) is 77.6 Å². The second kappa shape index (κ2) is 6.05. The first-order chi connectivity index (χ1) is 12.8. The summed E-state index contributed by atoms with van der Waals surface area (Å²) in [6.07, 6.45) is -2.03. The number of alkyl halides is 3. The van der Waals surface area contributed by atoms with Gasteiger partial charge in [0.2, 0.25) is 11.7 Å². The predicted octanol–water partition coefficient (Wildman–Crippen LogP) is 3.10. The minimum Gasteiger partial charge on any atom is -0.320 e. The number of anilines is 1. The van der Waals surface area contributed by atoms with E-state index in [4.69, 9.17) is 0 Å². The average Bonchev–Trinajstić information content (AvgIpc) is 3.32. The summed E-state index contributed by atoms with van der Waals surface area (Å²) >= 11 is 1.08. The van der Waals surface area contributed by atoms with Crippen LogP contribution in [0.2, 0.25) is 0 Å². The smallest absolute Gasteiger partial charge is 0.320 e. The van der Waals surface area contributed by atoms with Crippen LogP contribution < -0.4 is 5.32 Å². The lowest BCUT2D eigenvalue weighted by Crippen LogP contribution is -2.35. The molecule has 1 aliphatic rings. The van der Waals surface area contributed by atoms with E-state index in [1.54, 1.807) is 31.6 Å². The molecule has 0 fully saturated rings. The summed E-state index contributed by atoms with van der Waals surface area (Å²) in [7, 11) is 1.66. The Hall–Kier alpha value is -2.95. The molecule has 0 unspecified atom stereocenters. The van der Waals surface area contributed by atoms with Crippen LogP contribution in [-0.4, -0.2) is 36.5 Å². The molecule has 0 spiro atoms. The maximum Gasteiger partial charge on any atom is 0.431 e. The van der Waals surface area contributed by atoms with Crippen LogP contribution in [0.15, 0.2) is 41.3 Å². The number of carbonyl (C=O) groups is 1. The maximum absolute atomic E-state index is 13.8. The molecule has 1 N–H and O–H groups in total. The van der Waals surface area contributed by atoms with Crippen LogP contribution in [-0.2, 0) is 7.05 Å². The van der Waals surface area contributed by atoms with Crippen molar-refractivity contribution in [3.8, 4) is 0 Å². The number of halogens is 3. The number of carbonyl (C=O) groups excluding carboxylic acids is 1. The van der Waals surface area contributed by atoms with Crippen LogP contribution in [0.5, 0.6) is 0 Å². The van der Waals surface area contributed by atoms with Crippen LogP contribution in [0.25, 0.3) is 0 Å². The van der Waals surface area contributed by atoms with Gasteiger partial charge in [0, 0.05) is 18.8 Å². The molecular weight excluding hydrogens is 381 g/mol. The van der Waals surface area contributed by atoms with Crippen molar-refractivity contribution in [3.63, 3.8) is 0 Å². The van der Waals surface area contributed by atoms with Gasteiger partial charge in [-0.2, -0.15) is 28.4 Å². The van der Waals surface area contributed by atoms with Crippen molar-refractivity contribution in [1.82, 2.24) is 24.5 Å². The first kappa shape index (κ1) is 17.5. The van der Waals surface area contributed by atoms with E-state index in [2.05, 4.69) is 20.5 Å². The van der Waals surface area contributed by atoms with E-state index < -0.39 is 29.3 Å². The van der Waals surface area contributed by atoms with Gasteiger partial charge in [-0.3, -0.25) is 9.48 Å². The molecule has 0 saturated heterocycles. The third kappa shape index (κ3) is 2.83. The fourth-order valence-electron chi connectivity index (χ4n) is 3.14. The molecule has 0 radical (unpaired) electrons. The summed E-state index contributed by atoms with van der Waals surface area (Å²) < 4.78 is 44.3. The number of rotatable bonds is 3. The van der Waals surface area contributed by atoms with Crippen molar-refractivity contribution in [2.24, 2.45) is 7.05 Å². The first-order valence-corrected chi connectivity index (χ1v) is 8.71. The minimum absolute atomic E-state index is 0.0849. The lowest BCUT2D eigenvalue weighted by Gasteiger charge is -2.30. The summed E-state index contributed by atoms with van der Waals surface area (Å²) in [4.78, 5) is 17.1. The van der Waals surface area contributed by atoms with Gasteiger partial charge in [-0.05, 0) is 18.4 Å². The molecular formula is C16H13F3N6OS. The van der Waals surface area contributed by atoms with Gasteiger partial charge in [0.25, 0.3) is 0 Å². The van der Waals surface area contributed by atoms with E-state index in [0.717, 1.165) is 17.7 Å². The summed E-state index contributed by atoms with van der Waals surface area (Å²) in [5.74, 6) is -0.794. The van der Waals surface area contributed by atoms with Crippen molar-refractivity contribution >= 4 is 23.1 Å². The van der Waals surface area contributed by atoms with Gasteiger partial charge in [-0.15, -0.1) is 11.3 Å². The molecule has 0 aromatic carbocycles. The standard InChI is InChI=1S/C16H13F3N6OS/c1-8-9(6-24(2)23-8)12-11(13(26)10-4-3-5-27-10)14(16(17,18)19)22-15-20-7-21-25(12)15/h3-7,12H,1-2H3,(H,20,21,22)/t12-/m1/s1. The van der Waals surface area contributed by atoms with Crippen molar-refractivity contribution < 1.29 is 18.0 Å². The zero-order valence-corrected chi connectivity index (χ0v) is 15.0. The van der Waals surface area contributed by atoms with E-state index in [1.165, 1.54) is 15.4 Å². The summed E-state index contributed by atoms with van der Waals surface area (Å²) in [6, 6.07) is 2.02. The van der Waals surface area contributed by atoms with Crippen LogP contribution >= 0.6 is 11.3 Å². The maximum atomic E-state index is 13.8. The van der Waals surface area contributed by atoms with Crippen molar-refractivity contribution in [2.45, 2.75) is 19.1 Å². The van der Waals surface area contributed by atoms with Crippen LogP contribution in [0.3, 0.4) is 0 Å². The molecule has 1 aliphatic heterocycles. The number of Topliss-reactive ketones (excluding diaryl/α,β-unsaturated/α-hetero) is 1. The third-order valence-corrected chi connectivity index (χ3v) is 5.08. The number of ketones is 1. The summed E-state index contributed by atoms with van der Waals surface area (Å²) in [5, 5.41) is 12.1. The molecule has 1 atom stereocenters. The second-order valence-electron chi connectivity index (χ2n) is 5.99. The second-order valence-corrected chi connectivity index (χ2v) is 6.94. The zero-order chi connectivity index (χ0) is 19.3. The van der Waals surface area contributed by atoms with E-state index in [0.29, 0.717) is 11.3 Å². The minimum atomic E-state index is -4.77. The molecule has 0 amide bonds. The van der Waals surface area contributed by atoms with E-state index in [1.807, 2.05) is 0 Å². The molecule has 3 aromatic heterocycles. The van der Waals surface area contributed by atoms with Gasteiger partial charge < -0.3 is 5.32 Å². The number of nitrogens with one attached hydrogen (secondary N) is 1. The zero-order valence-electron chi connectivity index (χ0n) is 14.2. The normalized spacial score (nSPS) is 17.0. The fraction of sp³-hybridized carbons (Fsp3) is 0.250. The number of aryl methyl sites for hydroxylation is 2. The Bertz CT molecular complexity index is 1050. The van der Waals surface area contributed by atoms with E-state index in [9.17, 15) is 18.0 Å². The van der Waals surface area contributed by atoms with Gasteiger partial charge in [0.15, 0.2) is 0 Å². The van der Waals surface area contributed by atoms with E-state index in [-0.39, 0.29) is 10.8 Å². The SMILES string of the molecule is Cc1nn(C)cc1[C@@H]1C(C(=O)c2cccs2)=C(C(F)(F)F)Nc2ncnn21. The van der Waals surface area contributed by atoms with Gasteiger partial charge in [0.05, 0.1) is 16.1 Å². The number of fused-ring (bicyclic) bond motifs is 1. The van der Waals surface area contributed by atoms with Crippen molar-refractivity contribution in [1.29, 1.82) is 0 Å². The highest BCUT2D eigenvalue weighted by atomic mass is 32.1. The number of thiophene rings is 1. The number of hydrogen-bond acceptors (Lipinski definition) is 6. The monoisotopic (exact) mass is 394 g/mol. The largest absolute Gasteiger partial charge is 0.431 e. The van der Waals surface area contributed by atoms with Gasteiger partial charge in [0.1, 0.15) is 18.1 Å². The van der Waals surface area contributed by atoms with Gasteiger partial charge in [-0.1, -0.05) is 6.07 Å². The quantitative estimate of drug-likeness (QED) is 0.691. The number of allylic oxidation sites excluding steroid dienone is 2. The lowest BCUT2D eigenvalue weighted by molar-refractivity contribution is -0.0918. The molecule has 7 nitrogen and oxygen atoms in total. The summed E-state index contributed by atoms with van der Waals surface area (Å²) in [6.45, 7) is 1.68.